The average molecular weight is 511 g/mol. The van der Waals surface area contributed by atoms with E-state index in [9.17, 15) is 9.59 Å². The predicted molar refractivity (Wildman–Crippen MR) is 148 cm³/mol. The number of nitrogens with zero attached hydrogens (tertiary/aromatic N) is 2. The van der Waals surface area contributed by atoms with Gasteiger partial charge in [0, 0.05) is 32.7 Å². The van der Waals surface area contributed by atoms with E-state index in [1.165, 1.54) is 16.0 Å². The van der Waals surface area contributed by atoms with E-state index in [4.69, 9.17) is 9.47 Å². The van der Waals surface area contributed by atoms with Crippen LogP contribution in [0.25, 0.3) is 11.6 Å². The third kappa shape index (κ3) is 6.14. The normalized spacial score (nSPS) is 17.3. The molecule has 3 aliphatic rings. The van der Waals surface area contributed by atoms with Gasteiger partial charge >= 0.3 is 12.1 Å². The summed E-state index contributed by atoms with van der Waals surface area (Å²) < 4.78 is 11.3. The molecule has 2 aromatic carbocycles. The highest BCUT2D eigenvalue weighted by Crippen LogP contribution is 2.26. The minimum atomic E-state index is -0.496. The maximum Gasteiger partial charge on any atom is 0.410 e. The molecule has 0 saturated carbocycles. The molecule has 196 valence electrons. The van der Waals surface area contributed by atoms with Crippen LogP contribution in [0.1, 0.15) is 43.1 Å². The summed E-state index contributed by atoms with van der Waals surface area (Å²) >= 11 is 0. The zero-order valence-electron chi connectivity index (χ0n) is 22.3. The Morgan fingerprint density at radius 2 is 1.76 bits per heavy atom. The van der Waals surface area contributed by atoms with E-state index < -0.39 is 5.60 Å². The van der Waals surface area contributed by atoms with E-state index in [0.717, 1.165) is 24.2 Å². The minimum Gasteiger partial charge on any atom is -0.444 e. The molecular weight excluding hydrogens is 476 g/mol. The van der Waals surface area contributed by atoms with E-state index >= 15 is 0 Å². The molecule has 6 heteroatoms. The van der Waals surface area contributed by atoms with E-state index in [-0.39, 0.29) is 12.1 Å². The van der Waals surface area contributed by atoms with Gasteiger partial charge in [-0.1, -0.05) is 54.6 Å². The Labute approximate surface area is 223 Å². The van der Waals surface area contributed by atoms with Crippen LogP contribution in [0.3, 0.4) is 0 Å². The summed E-state index contributed by atoms with van der Waals surface area (Å²) in [4.78, 5) is 29.4. The van der Waals surface area contributed by atoms with Crippen LogP contribution in [-0.4, -0.2) is 53.6 Å². The second-order valence-corrected chi connectivity index (χ2v) is 10.8. The van der Waals surface area contributed by atoms with E-state index in [2.05, 4.69) is 35.3 Å². The highest BCUT2D eigenvalue weighted by molar-refractivity contribution is 5.90. The van der Waals surface area contributed by atoms with Crippen molar-refractivity contribution in [3.63, 3.8) is 0 Å². The molecule has 5 rings (SSSR count). The monoisotopic (exact) mass is 510 g/mol. The topological polar surface area (TPSA) is 59.1 Å². The number of esters is 1. The lowest BCUT2D eigenvalue weighted by molar-refractivity contribution is 0.0138. The van der Waals surface area contributed by atoms with Crippen LogP contribution in [0, 0.1) is 0 Å². The van der Waals surface area contributed by atoms with Crippen LogP contribution < -0.4 is 10.4 Å². The smallest absolute Gasteiger partial charge is 0.410 e. The first-order chi connectivity index (χ1) is 18.2. The standard InChI is InChI=1S/C32H34N2O4/c1-32(2,3)38-31(36)34-18-16-33(17-19-34)22-23-8-6-12-26(20-23)30(35)37-27-14-15-29-25(21-27)11-7-10-24-9-4-5-13-28(24)29/h4-14,20-21H,15-19,22H2,1-3H3. The van der Waals surface area contributed by atoms with Crippen LogP contribution in [0.15, 0.2) is 84.2 Å². The van der Waals surface area contributed by atoms with Gasteiger partial charge in [-0.2, -0.15) is 0 Å². The fourth-order valence-corrected chi connectivity index (χ4v) is 4.91. The zero-order valence-corrected chi connectivity index (χ0v) is 22.3. The summed E-state index contributed by atoms with van der Waals surface area (Å²) in [6, 6.07) is 15.9. The molecular formula is C32H34N2O4. The van der Waals surface area contributed by atoms with Crippen molar-refractivity contribution in [2.75, 3.05) is 26.2 Å². The number of fused-ring (bicyclic) bond motifs is 2. The molecule has 0 aromatic heterocycles. The van der Waals surface area contributed by atoms with Gasteiger partial charge in [0.1, 0.15) is 11.4 Å². The number of benzene rings is 2. The summed E-state index contributed by atoms with van der Waals surface area (Å²) in [5, 5.41) is 2.41. The van der Waals surface area contributed by atoms with Gasteiger partial charge in [-0.3, -0.25) is 4.90 Å². The number of allylic oxidation sites excluding steroid dienone is 5. The van der Waals surface area contributed by atoms with Gasteiger partial charge in [-0.25, -0.2) is 9.59 Å². The molecule has 0 unspecified atom stereocenters. The summed E-state index contributed by atoms with van der Waals surface area (Å²) in [6.45, 7) is 9.08. The number of ether oxygens (including phenoxy) is 2. The molecule has 38 heavy (non-hydrogen) atoms. The van der Waals surface area contributed by atoms with Gasteiger partial charge in [0.2, 0.25) is 0 Å². The molecule has 2 aliphatic carbocycles. The quantitative estimate of drug-likeness (QED) is 0.574. The van der Waals surface area contributed by atoms with E-state index in [1.54, 1.807) is 11.0 Å². The number of rotatable bonds is 4. The van der Waals surface area contributed by atoms with Crippen molar-refractivity contribution in [1.82, 2.24) is 9.80 Å². The fourth-order valence-electron chi connectivity index (χ4n) is 4.91. The van der Waals surface area contributed by atoms with Crippen molar-refractivity contribution in [2.24, 2.45) is 0 Å². The molecule has 1 fully saturated rings. The number of hydrogen-bond acceptors (Lipinski definition) is 5. The van der Waals surface area contributed by atoms with Gasteiger partial charge in [0.25, 0.3) is 0 Å². The van der Waals surface area contributed by atoms with Crippen molar-refractivity contribution < 1.29 is 19.1 Å². The largest absolute Gasteiger partial charge is 0.444 e. The molecule has 1 aliphatic heterocycles. The Morgan fingerprint density at radius 3 is 2.55 bits per heavy atom. The first-order valence-electron chi connectivity index (χ1n) is 13.2. The van der Waals surface area contributed by atoms with Gasteiger partial charge < -0.3 is 14.4 Å². The van der Waals surface area contributed by atoms with Crippen LogP contribution in [-0.2, 0) is 16.0 Å². The lowest BCUT2D eigenvalue weighted by Gasteiger charge is -2.35. The van der Waals surface area contributed by atoms with Crippen molar-refractivity contribution in [3.8, 4) is 0 Å². The number of carbonyl (C=O) groups is 2. The maximum atomic E-state index is 13.0. The van der Waals surface area contributed by atoms with Crippen molar-refractivity contribution in [3.05, 3.63) is 106 Å². The predicted octanol–water partition coefficient (Wildman–Crippen LogP) is 4.31. The lowest BCUT2D eigenvalue weighted by atomic mass is 9.95. The molecule has 6 nitrogen and oxygen atoms in total. The minimum absolute atomic E-state index is 0.264. The number of amides is 1. The van der Waals surface area contributed by atoms with Crippen LogP contribution in [0.2, 0.25) is 0 Å². The summed E-state index contributed by atoms with van der Waals surface area (Å²) in [6.07, 6.45) is 10.6. The Bertz CT molecular complexity index is 1450. The molecule has 0 spiro atoms. The summed E-state index contributed by atoms with van der Waals surface area (Å²) in [5.74, 6) is 0.208. The van der Waals surface area contributed by atoms with Gasteiger partial charge in [0.15, 0.2) is 0 Å². The second-order valence-electron chi connectivity index (χ2n) is 10.8. The third-order valence-electron chi connectivity index (χ3n) is 6.79. The number of hydrogen-bond donors (Lipinski definition) is 0. The van der Waals surface area contributed by atoms with E-state index in [0.29, 0.717) is 37.4 Å². The van der Waals surface area contributed by atoms with E-state index in [1.807, 2.05) is 63.3 Å². The Kier molecular flexibility index (Phi) is 7.34. The van der Waals surface area contributed by atoms with Crippen molar-refractivity contribution in [1.29, 1.82) is 0 Å². The number of piperazine rings is 1. The van der Waals surface area contributed by atoms with Crippen LogP contribution in [0.5, 0.6) is 0 Å². The molecule has 1 saturated heterocycles. The van der Waals surface area contributed by atoms with Crippen LogP contribution >= 0.6 is 0 Å². The molecule has 1 amide bonds. The highest BCUT2D eigenvalue weighted by atomic mass is 16.6. The Hall–Kier alpha value is -3.90. The van der Waals surface area contributed by atoms with Crippen LogP contribution in [0.4, 0.5) is 4.79 Å². The molecule has 0 radical (unpaired) electrons. The zero-order chi connectivity index (χ0) is 26.7. The second kappa shape index (κ2) is 10.8. The third-order valence-corrected chi connectivity index (χ3v) is 6.79. The van der Waals surface area contributed by atoms with Gasteiger partial charge in [-0.15, -0.1) is 0 Å². The fraction of sp³-hybridized carbons (Fsp3) is 0.312. The van der Waals surface area contributed by atoms with Crippen molar-refractivity contribution >= 4 is 23.7 Å². The lowest BCUT2D eigenvalue weighted by Crippen LogP contribution is -2.49. The van der Waals surface area contributed by atoms with Gasteiger partial charge in [-0.05, 0) is 78.6 Å². The molecule has 1 heterocycles. The maximum absolute atomic E-state index is 13.0. The molecule has 0 bridgehead atoms. The Balaban J connectivity index is 1.20. The first-order valence-corrected chi connectivity index (χ1v) is 13.2. The molecule has 2 aromatic rings. The summed E-state index contributed by atoms with van der Waals surface area (Å²) in [7, 11) is 0. The summed E-state index contributed by atoms with van der Waals surface area (Å²) in [5.41, 5.74) is 3.37. The van der Waals surface area contributed by atoms with Crippen molar-refractivity contribution in [2.45, 2.75) is 39.3 Å². The first kappa shape index (κ1) is 25.7. The SMILES string of the molecule is CC(C)(C)OC(=O)N1CCN(Cc2cccc(C(=O)OC3=CCC4=c5ccccc5=CC=CC4=C3)c2)CC1. The van der Waals surface area contributed by atoms with Gasteiger partial charge in [0.05, 0.1) is 5.56 Å². The average Bonchev–Trinajstić information content (AvgIpc) is 3.07. The highest BCUT2D eigenvalue weighted by Gasteiger charge is 2.26. The molecule has 0 atom stereocenters. The molecule has 0 N–H and O–H groups in total. The Morgan fingerprint density at radius 1 is 0.974 bits per heavy atom. The number of carbonyl (C=O) groups excluding carboxylic acids is 2.